The molecule has 2 aliphatic heterocycles. The maximum atomic E-state index is 12.5. The van der Waals surface area contributed by atoms with Crippen molar-refractivity contribution in [1.29, 1.82) is 0 Å². The summed E-state index contributed by atoms with van der Waals surface area (Å²) in [7, 11) is 0. The van der Waals surface area contributed by atoms with Crippen molar-refractivity contribution >= 4 is 11.8 Å². The Morgan fingerprint density at radius 3 is 2.96 bits per heavy atom. The Kier molecular flexibility index (Phi) is 7.71. The van der Waals surface area contributed by atoms with Crippen LogP contribution in [-0.2, 0) is 9.59 Å². The summed E-state index contributed by atoms with van der Waals surface area (Å²) in [4.78, 5) is 26.6. The molecule has 0 aliphatic carbocycles. The first-order valence-corrected chi connectivity index (χ1v) is 10.6. The fourth-order valence-electron chi connectivity index (χ4n) is 4.01. The highest BCUT2D eigenvalue weighted by atomic mass is 16.5. The zero-order chi connectivity index (χ0) is 19.8. The molecular weight excluding hydrogens is 354 g/mol. The molecule has 2 N–H and O–H groups in total. The van der Waals surface area contributed by atoms with E-state index in [4.69, 9.17) is 4.74 Å². The van der Waals surface area contributed by atoms with Gasteiger partial charge in [0.2, 0.25) is 11.8 Å². The summed E-state index contributed by atoms with van der Waals surface area (Å²) in [6.45, 7) is 5.75. The zero-order valence-electron chi connectivity index (χ0n) is 16.9. The molecule has 2 aliphatic rings. The summed E-state index contributed by atoms with van der Waals surface area (Å²) in [6.07, 6.45) is 5.30. The fraction of sp³-hybridized carbons (Fsp3) is 0.636. The average Bonchev–Trinajstić information content (AvgIpc) is 3.24. The molecule has 2 fully saturated rings. The number of hydrogen-bond donors (Lipinski definition) is 2. The monoisotopic (exact) mass is 387 g/mol. The number of benzene rings is 1. The third kappa shape index (κ3) is 6.23. The Morgan fingerprint density at radius 1 is 1.29 bits per heavy atom. The minimum atomic E-state index is -0.0327. The quantitative estimate of drug-likeness (QED) is 0.672. The molecule has 6 heteroatoms. The minimum Gasteiger partial charge on any atom is -0.494 e. The third-order valence-corrected chi connectivity index (χ3v) is 5.61. The Labute approximate surface area is 168 Å². The molecule has 2 saturated heterocycles. The molecule has 0 saturated carbocycles. The van der Waals surface area contributed by atoms with Crippen molar-refractivity contribution in [3.05, 3.63) is 29.8 Å². The summed E-state index contributed by atoms with van der Waals surface area (Å²) in [5.74, 6) is 1.51. The second kappa shape index (κ2) is 10.5. The maximum absolute atomic E-state index is 12.5. The van der Waals surface area contributed by atoms with E-state index < -0.39 is 0 Å². The molecule has 3 rings (SSSR count). The highest BCUT2D eigenvalue weighted by Crippen LogP contribution is 2.18. The van der Waals surface area contributed by atoms with Crippen molar-refractivity contribution in [2.24, 2.45) is 5.92 Å². The molecule has 6 nitrogen and oxygen atoms in total. The SMILES string of the molecule is Cc1cccc(OCCCC(=O)N2CCCC(CNC(=O)C3CCCN3)C2)c1. The van der Waals surface area contributed by atoms with Gasteiger partial charge in [-0.1, -0.05) is 12.1 Å². The second-order valence-corrected chi connectivity index (χ2v) is 8.01. The van der Waals surface area contributed by atoms with Gasteiger partial charge in [0.1, 0.15) is 5.75 Å². The molecule has 2 unspecified atom stereocenters. The van der Waals surface area contributed by atoms with E-state index in [1.54, 1.807) is 0 Å². The number of ether oxygens (including phenoxy) is 1. The van der Waals surface area contributed by atoms with Crippen LogP contribution in [0.25, 0.3) is 0 Å². The van der Waals surface area contributed by atoms with Gasteiger partial charge in [-0.05, 0) is 69.2 Å². The lowest BCUT2D eigenvalue weighted by Gasteiger charge is -2.33. The van der Waals surface area contributed by atoms with E-state index >= 15 is 0 Å². The smallest absolute Gasteiger partial charge is 0.237 e. The van der Waals surface area contributed by atoms with Crippen LogP contribution in [-0.4, -0.2) is 55.5 Å². The number of hydrogen-bond acceptors (Lipinski definition) is 4. The van der Waals surface area contributed by atoms with Gasteiger partial charge < -0.3 is 20.3 Å². The van der Waals surface area contributed by atoms with Crippen LogP contribution in [0.2, 0.25) is 0 Å². The number of piperidine rings is 1. The van der Waals surface area contributed by atoms with E-state index in [9.17, 15) is 9.59 Å². The Bertz CT molecular complexity index is 658. The van der Waals surface area contributed by atoms with Gasteiger partial charge in [-0.2, -0.15) is 0 Å². The molecule has 1 aromatic rings. The highest BCUT2D eigenvalue weighted by Gasteiger charge is 2.26. The van der Waals surface area contributed by atoms with E-state index in [1.165, 1.54) is 5.56 Å². The van der Waals surface area contributed by atoms with Gasteiger partial charge in [-0.3, -0.25) is 9.59 Å². The molecule has 2 atom stereocenters. The first-order valence-electron chi connectivity index (χ1n) is 10.6. The van der Waals surface area contributed by atoms with Crippen molar-refractivity contribution in [3.63, 3.8) is 0 Å². The number of amides is 2. The molecule has 154 valence electrons. The predicted octanol–water partition coefficient (Wildman–Crippen LogP) is 2.26. The van der Waals surface area contributed by atoms with Crippen molar-refractivity contribution in [2.45, 2.75) is 51.5 Å². The van der Waals surface area contributed by atoms with Crippen LogP contribution in [0.3, 0.4) is 0 Å². The van der Waals surface area contributed by atoms with Gasteiger partial charge in [-0.15, -0.1) is 0 Å². The summed E-state index contributed by atoms with van der Waals surface area (Å²) < 4.78 is 5.74. The lowest BCUT2D eigenvalue weighted by atomic mass is 9.97. The number of nitrogens with zero attached hydrogens (tertiary/aromatic N) is 1. The number of nitrogens with one attached hydrogen (secondary N) is 2. The van der Waals surface area contributed by atoms with Crippen LogP contribution in [0.1, 0.15) is 44.1 Å². The van der Waals surface area contributed by atoms with E-state index in [0.29, 0.717) is 25.5 Å². The Morgan fingerprint density at radius 2 is 2.18 bits per heavy atom. The van der Waals surface area contributed by atoms with E-state index in [-0.39, 0.29) is 17.9 Å². The summed E-state index contributed by atoms with van der Waals surface area (Å²) in [5, 5.41) is 6.30. The van der Waals surface area contributed by atoms with Crippen molar-refractivity contribution in [3.8, 4) is 5.75 Å². The first-order chi connectivity index (χ1) is 13.6. The third-order valence-electron chi connectivity index (χ3n) is 5.61. The molecular formula is C22H33N3O3. The van der Waals surface area contributed by atoms with Crippen LogP contribution < -0.4 is 15.4 Å². The molecule has 1 aromatic carbocycles. The van der Waals surface area contributed by atoms with E-state index in [1.807, 2.05) is 36.1 Å². The normalized spacial score (nSPS) is 22.1. The predicted molar refractivity (Wildman–Crippen MR) is 109 cm³/mol. The van der Waals surface area contributed by atoms with Gasteiger partial charge >= 0.3 is 0 Å². The standard InChI is InChI=1S/C22H33N3O3/c1-17-6-2-8-19(14-17)28-13-5-10-21(26)25-12-4-7-18(16-25)15-24-22(27)20-9-3-11-23-20/h2,6,8,14,18,20,23H,3-5,7,9-13,15-16H2,1H3,(H,24,27). The molecule has 2 amide bonds. The Hall–Kier alpha value is -2.08. The van der Waals surface area contributed by atoms with Crippen LogP contribution >= 0.6 is 0 Å². The van der Waals surface area contributed by atoms with Gasteiger partial charge in [-0.25, -0.2) is 0 Å². The lowest BCUT2D eigenvalue weighted by molar-refractivity contribution is -0.133. The fourth-order valence-corrected chi connectivity index (χ4v) is 4.01. The molecule has 0 aromatic heterocycles. The van der Waals surface area contributed by atoms with Gasteiger partial charge in [0.25, 0.3) is 0 Å². The van der Waals surface area contributed by atoms with Crippen molar-refractivity contribution in [2.75, 3.05) is 32.8 Å². The average molecular weight is 388 g/mol. The van der Waals surface area contributed by atoms with Crippen LogP contribution in [0.4, 0.5) is 0 Å². The van der Waals surface area contributed by atoms with E-state index in [0.717, 1.165) is 57.5 Å². The summed E-state index contributed by atoms with van der Waals surface area (Å²) in [6, 6.07) is 7.93. The molecule has 2 heterocycles. The molecule has 28 heavy (non-hydrogen) atoms. The summed E-state index contributed by atoms with van der Waals surface area (Å²) in [5.41, 5.74) is 1.17. The topological polar surface area (TPSA) is 70.7 Å². The van der Waals surface area contributed by atoms with Crippen LogP contribution in [0.5, 0.6) is 5.75 Å². The molecule has 0 radical (unpaired) electrons. The molecule has 0 bridgehead atoms. The maximum Gasteiger partial charge on any atom is 0.237 e. The van der Waals surface area contributed by atoms with Crippen molar-refractivity contribution < 1.29 is 14.3 Å². The number of aryl methyl sites for hydroxylation is 1. The number of carbonyl (C=O) groups excluding carboxylic acids is 2. The molecule has 0 spiro atoms. The lowest BCUT2D eigenvalue weighted by Crippen LogP contribution is -2.46. The second-order valence-electron chi connectivity index (χ2n) is 8.01. The largest absolute Gasteiger partial charge is 0.494 e. The zero-order valence-corrected chi connectivity index (χ0v) is 16.9. The number of carbonyl (C=O) groups is 2. The van der Waals surface area contributed by atoms with Crippen LogP contribution in [0, 0.1) is 12.8 Å². The summed E-state index contributed by atoms with van der Waals surface area (Å²) >= 11 is 0. The van der Waals surface area contributed by atoms with E-state index in [2.05, 4.69) is 10.6 Å². The van der Waals surface area contributed by atoms with Crippen LogP contribution in [0.15, 0.2) is 24.3 Å². The first kappa shape index (κ1) is 20.6. The highest BCUT2D eigenvalue weighted by molar-refractivity contribution is 5.82. The minimum absolute atomic E-state index is 0.0327. The number of rotatable bonds is 8. The van der Waals surface area contributed by atoms with Crippen molar-refractivity contribution in [1.82, 2.24) is 15.5 Å². The van der Waals surface area contributed by atoms with Gasteiger partial charge in [0, 0.05) is 26.1 Å². The Balaban J connectivity index is 1.33. The van der Waals surface area contributed by atoms with Gasteiger partial charge in [0.15, 0.2) is 0 Å². The number of likely N-dealkylation sites (tertiary alicyclic amines) is 1. The van der Waals surface area contributed by atoms with Gasteiger partial charge in [0.05, 0.1) is 12.6 Å².